The first-order valence-corrected chi connectivity index (χ1v) is 9.53. The average Bonchev–Trinajstić information content (AvgIpc) is 2.75. The molecule has 3 aromatic rings. The molecule has 0 atom stereocenters. The highest BCUT2D eigenvalue weighted by atomic mass is 19.4. The third kappa shape index (κ3) is 3.61. The van der Waals surface area contributed by atoms with E-state index in [-0.39, 0.29) is 26.2 Å². The van der Waals surface area contributed by atoms with Crippen LogP contribution in [0.1, 0.15) is 15.9 Å². The third-order valence-electron chi connectivity index (χ3n) is 5.34. The van der Waals surface area contributed by atoms with E-state index in [1.807, 2.05) is 0 Å². The Bertz CT molecular complexity index is 1250. The van der Waals surface area contributed by atoms with Crippen LogP contribution in [0.4, 0.5) is 29.2 Å². The lowest BCUT2D eigenvalue weighted by atomic mass is 10.0. The minimum atomic E-state index is -5.00. The van der Waals surface area contributed by atoms with Gasteiger partial charge in [0.15, 0.2) is 0 Å². The number of carboxylic acid groups (broad SMARTS) is 1. The molecule has 1 fully saturated rings. The maximum Gasteiger partial charge on any atom is 0.420 e. The number of piperazine rings is 1. The summed E-state index contributed by atoms with van der Waals surface area (Å²) in [6, 6.07) is 2.32. The van der Waals surface area contributed by atoms with Gasteiger partial charge in [-0.25, -0.2) is 19.2 Å². The van der Waals surface area contributed by atoms with E-state index in [4.69, 9.17) is 0 Å². The Morgan fingerprint density at radius 2 is 1.69 bits per heavy atom. The van der Waals surface area contributed by atoms with Crippen LogP contribution >= 0.6 is 0 Å². The van der Waals surface area contributed by atoms with Gasteiger partial charge in [-0.2, -0.15) is 13.2 Å². The van der Waals surface area contributed by atoms with Gasteiger partial charge in [0.25, 0.3) is 0 Å². The molecule has 1 aliphatic heterocycles. The number of aromatic nitrogens is 3. The first-order chi connectivity index (χ1) is 15.1. The zero-order chi connectivity index (χ0) is 23.2. The van der Waals surface area contributed by atoms with Crippen LogP contribution in [0.3, 0.4) is 0 Å². The van der Waals surface area contributed by atoms with E-state index in [0.717, 1.165) is 10.8 Å². The SMILES string of the molecule is Cn1cc(C(=O)O)c(=O)c2cc(F)c(N3CCN(c4ncccn4)CC3)c(C(F)(F)F)c21. The van der Waals surface area contributed by atoms with Gasteiger partial charge in [-0.3, -0.25) is 4.79 Å². The predicted molar refractivity (Wildman–Crippen MR) is 108 cm³/mol. The first kappa shape index (κ1) is 21.5. The molecule has 32 heavy (non-hydrogen) atoms. The molecule has 168 valence electrons. The molecule has 0 radical (unpaired) electrons. The molecule has 0 saturated carbocycles. The van der Waals surface area contributed by atoms with Crippen molar-refractivity contribution in [2.24, 2.45) is 7.05 Å². The Kier molecular flexibility index (Phi) is 5.23. The van der Waals surface area contributed by atoms with Gasteiger partial charge in [-0.05, 0) is 12.1 Å². The average molecular weight is 451 g/mol. The van der Waals surface area contributed by atoms with Gasteiger partial charge in [0.05, 0.1) is 16.6 Å². The van der Waals surface area contributed by atoms with E-state index in [1.54, 1.807) is 23.4 Å². The molecule has 12 heteroatoms. The van der Waals surface area contributed by atoms with Gasteiger partial charge in [-0.15, -0.1) is 0 Å². The van der Waals surface area contributed by atoms with Crippen molar-refractivity contribution < 1.29 is 27.5 Å². The Morgan fingerprint density at radius 1 is 1.09 bits per heavy atom. The summed E-state index contributed by atoms with van der Waals surface area (Å²) in [6.45, 7) is 0.640. The van der Waals surface area contributed by atoms with Crippen molar-refractivity contribution in [2.75, 3.05) is 36.0 Å². The van der Waals surface area contributed by atoms with Crippen molar-refractivity contribution in [3.63, 3.8) is 0 Å². The monoisotopic (exact) mass is 451 g/mol. The minimum absolute atomic E-state index is 0.0604. The number of pyridine rings is 1. The number of benzene rings is 1. The molecule has 1 saturated heterocycles. The quantitative estimate of drug-likeness (QED) is 0.612. The number of alkyl halides is 3. The van der Waals surface area contributed by atoms with Crippen molar-refractivity contribution >= 4 is 28.5 Å². The Labute approximate surface area is 178 Å². The van der Waals surface area contributed by atoms with Crippen LogP contribution in [0.2, 0.25) is 0 Å². The second kappa shape index (κ2) is 7.77. The molecule has 2 aromatic heterocycles. The smallest absolute Gasteiger partial charge is 0.420 e. The van der Waals surface area contributed by atoms with Crippen molar-refractivity contribution in [1.82, 2.24) is 14.5 Å². The summed E-state index contributed by atoms with van der Waals surface area (Å²) in [7, 11) is 1.19. The highest BCUT2D eigenvalue weighted by Crippen LogP contribution is 2.42. The van der Waals surface area contributed by atoms with E-state index >= 15 is 4.39 Å². The molecule has 0 spiro atoms. The zero-order valence-corrected chi connectivity index (χ0v) is 16.7. The number of fused-ring (bicyclic) bond motifs is 1. The number of aromatic carboxylic acids is 1. The minimum Gasteiger partial charge on any atom is -0.477 e. The molecular formula is C20H17F4N5O3. The predicted octanol–water partition coefficient (Wildman–Crippen LogP) is 2.51. The van der Waals surface area contributed by atoms with Gasteiger partial charge in [0, 0.05) is 51.8 Å². The largest absolute Gasteiger partial charge is 0.477 e. The van der Waals surface area contributed by atoms with Gasteiger partial charge in [0.1, 0.15) is 16.9 Å². The summed E-state index contributed by atoms with van der Waals surface area (Å²) in [5, 5.41) is 8.53. The van der Waals surface area contributed by atoms with E-state index in [2.05, 4.69) is 9.97 Å². The topological polar surface area (TPSA) is 91.6 Å². The zero-order valence-electron chi connectivity index (χ0n) is 16.7. The van der Waals surface area contributed by atoms with Crippen molar-refractivity contribution in [3.05, 3.63) is 57.9 Å². The Balaban J connectivity index is 1.84. The second-order valence-corrected chi connectivity index (χ2v) is 7.29. The molecular weight excluding hydrogens is 434 g/mol. The normalized spacial score (nSPS) is 14.8. The molecule has 0 bridgehead atoms. The molecule has 1 aromatic carbocycles. The number of aryl methyl sites for hydroxylation is 1. The van der Waals surface area contributed by atoms with Gasteiger partial charge in [0.2, 0.25) is 11.4 Å². The number of rotatable bonds is 3. The van der Waals surface area contributed by atoms with Crippen LogP contribution in [0.15, 0.2) is 35.5 Å². The molecule has 4 rings (SSSR count). The fourth-order valence-electron chi connectivity index (χ4n) is 3.95. The number of nitrogens with zero attached hydrogens (tertiary/aromatic N) is 5. The lowest BCUT2D eigenvalue weighted by Gasteiger charge is -2.37. The number of carbonyl (C=O) groups is 1. The van der Waals surface area contributed by atoms with Gasteiger partial charge in [-0.1, -0.05) is 0 Å². The summed E-state index contributed by atoms with van der Waals surface area (Å²) in [5.74, 6) is -2.43. The molecule has 3 heterocycles. The summed E-state index contributed by atoms with van der Waals surface area (Å²) in [5.41, 5.74) is -4.47. The van der Waals surface area contributed by atoms with Crippen LogP contribution in [-0.4, -0.2) is 51.8 Å². The fraction of sp³-hybridized carbons (Fsp3) is 0.300. The molecule has 0 aliphatic carbocycles. The van der Waals surface area contributed by atoms with E-state index < -0.39 is 51.1 Å². The summed E-state index contributed by atoms with van der Waals surface area (Å²) in [6.07, 6.45) is -1.09. The highest BCUT2D eigenvalue weighted by Gasteiger charge is 2.41. The molecule has 0 amide bonds. The number of halogens is 4. The van der Waals surface area contributed by atoms with E-state index in [1.165, 1.54) is 11.9 Å². The lowest BCUT2D eigenvalue weighted by molar-refractivity contribution is -0.136. The van der Waals surface area contributed by atoms with Gasteiger partial charge >= 0.3 is 12.1 Å². The molecule has 1 N–H and O–H groups in total. The molecule has 8 nitrogen and oxygen atoms in total. The molecule has 0 unspecified atom stereocenters. The first-order valence-electron chi connectivity index (χ1n) is 9.53. The maximum atomic E-state index is 15.1. The van der Waals surface area contributed by atoms with Crippen molar-refractivity contribution in [2.45, 2.75) is 6.18 Å². The van der Waals surface area contributed by atoms with Crippen molar-refractivity contribution in [1.29, 1.82) is 0 Å². The number of hydrogen-bond acceptors (Lipinski definition) is 6. The Hall–Kier alpha value is -3.70. The van der Waals surface area contributed by atoms with Crippen LogP contribution in [0.25, 0.3) is 10.9 Å². The number of hydrogen-bond donors (Lipinski definition) is 1. The summed E-state index contributed by atoms with van der Waals surface area (Å²) in [4.78, 5) is 35.0. The third-order valence-corrected chi connectivity index (χ3v) is 5.34. The van der Waals surface area contributed by atoms with Crippen LogP contribution in [0.5, 0.6) is 0 Å². The Morgan fingerprint density at radius 3 is 2.25 bits per heavy atom. The van der Waals surface area contributed by atoms with Crippen LogP contribution < -0.4 is 15.2 Å². The van der Waals surface area contributed by atoms with Crippen molar-refractivity contribution in [3.8, 4) is 0 Å². The van der Waals surface area contributed by atoms with E-state index in [9.17, 15) is 27.9 Å². The molecule has 1 aliphatic rings. The second-order valence-electron chi connectivity index (χ2n) is 7.29. The fourth-order valence-corrected chi connectivity index (χ4v) is 3.95. The van der Waals surface area contributed by atoms with Crippen LogP contribution in [0, 0.1) is 5.82 Å². The highest BCUT2D eigenvalue weighted by molar-refractivity contribution is 5.95. The van der Waals surface area contributed by atoms with Crippen LogP contribution in [-0.2, 0) is 13.2 Å². The van der Waals surface area contributed by atoms with E-state index in [0.29, 0.717) is 12.0 Å². The van der Waals surface area contributed by atoms with Gasteiger partial charge < -0.3 is 19.5 Å². The summed E-state index contributed by atoms with van der Waals surface area (Å²) < 4.78 is 58.5. The summed E-state index contributed by atoms with van der Waals surface area (Å²) >= 11 is 0. The lowest BCUT2D eigenvalue weighted by Crippen LogP contribution is -2.48. The number of anilines is 2. The standard InChI is InChI=1S/C20H17F4N5O3/c1-27-10-12(18(31)32)17(30)11-9-13(21)16(14(15(11)27)20(22,23)24)28-5-7-29(8-6-28)19-25-3-2-4-26-19/h2-4,9-10H,5-8H2,1H3,(H,31,32). The number of carboxylic acids is 1. The maximum absolute atomic E-state index is 15.1.